The topological polar surface area (TPSA) is 177 Å². The molecule has 3 amide bonds. The van der Waals surface area contributed by atoms with E-state index in [-0.39, 0.29) is 21.8 Å². The number of oxazole rings is 1. The van der Waals surface area contributed by atoms with Gasteiger partial charge in [-0.1, -0.05) is 32.9 Å². The van der Waals surface area contributed by atoms with E-state index in [1.165, 1.54) is 0 Å². The number of benzene rings is 2. The fourth-order valence-corrected chi connectivity index (χ4v) is 5.10. The van der Waals surface area contributed by atoms with Crippen molar-refractivity contribution in [3.63, 3.8) is 0 Å². The van der Waals surface area contributed by atoms with Crippen molar-refractivity contribution in [3.05, 3.63) is 69.7 Å². The Morgan fingerprint density at radius 1 is 1.05 bits per heavy atom. The third kappa shape index (κ3) is 7.20. The Kier molecular flexibility index (Phi) is 9.82. The summed E-state index contributed by atoms with van der Waals surface area (Å²) in [5, 5.41) is 24.0. The number of rotatable bonds is 10. The van der Waals surface area contributed by atoms with Crippen LogP contribution in [0.1, 0.15) is 55.0 Å². The lowest BCUT2D eigenvalue weighted by atomic mass is 9.67. The Morgan fingerprint density at radius 2 is 1.66 bits per heavy atom. The molecule has 0 aliphatic heterocycles. The van der Waals surface area contributed by atoms with Crippen molar-refractivity contribution in [2.45, 2.75) is 44.9 Å². The molecular weight excluding hydrogens is 667 g/mol. The first kappa shape index (κ1) is 34.1. The highest BCUT2D eigenvalue weighted by molar-refractivity contribution is 9.10. The molecule has 0 radical (unpaired) electrons. The Labute approximate surface area is 254 Å². The molecule has 2 unspecified atom stereocenters. The molecular formula is C27H26BrF5N4O7. The van der Waals surface area contributed by atoms with Gasteiger partial charge in [-0.15, -0.1) is 0 Å². The SMILES string of the molecule is CC(C)(C)C(CCOc1ccc(F)c(C(N)=O)c1F)(NC(=O)O)C(NC(=O)O)c1nc(-c2ccc(C(F)(F)F)cc2)c(Br)o1. The molecule has 0 bridgehead atoms. The van der Waals surface area contributed by atoms with Gasteiger partial charge in [-0.25, -0.2) is 23.4 Å². The van der Waals surface area contributed by atoms with Crippen molar-refractivity contribution in [3.8, 4) is 17.0 Å². The summed E-state index contributed by atoms with van der Waals surface area (Å²) in [6.45, 7) is 4.14. The van der Waals surface area contributed by atoms with Crippen LogP contribution in [0.4, 0.5) is 31.5 Å². The summed E-state index contributed by atoms with van der Waals surface area (Å²) >= 11 is 3.13. The number of halogens is 6. The van der Waals surface area contributed by atoms with E-state index in [2.05, 4.69) is 31.5 Å². The van der Waals surface area contributed by atoms with E-state index in [0.29, 0.717) is 0 Å². The predicted octanol–water partition coefficient (Wildman–Crippen LogP) is 6.33. The minimum Gasteiger partial charge on any atom is -0.490 e. The quantitative estimate of drug-likeness (QED) is 0.153. The lowest BCUT2D eigenvalue weighted by Crippen LogP contribution is -2.64. The number of aromatic nitrogens is 1. The number of nitrogens with two attached hydrogens (primary N) is 1. The van der Waals surface area contributed by atoms with Crippen LogP contribution < -0.4 is 21.1 Å². The van der Waals surface area contributed by atoms with Gasteiger partial charge in [0.1, 0.15) is 23.1 Å². The first-order valence-corrected chi connectivity index (χ1v) is 13.3. The van der Waals surface area contributed by atoms with E-state index in [1.807, 2.05) is 0 Å². The van der Waals surface area contributed by atoms with Crippen molar-refractivity contribution >= 4 is 34.0 Å². The van der Waals surface area contributed by atoms with Crippen LogP contribution >= 0.6 is 15.9 Å². The molecule has 1 heterocycles. The Balaban J connectivity index is 2.10. The second-order valence-corrected chi connectivity index (χ2v) is 11.2. The summed E-state index contributed by atoms with van der Waals surface area (Å²) in [4.78, 5) is 39.9. The number of primary amides is 1. The highest BCUT2D eigenvalue weighted by Gasteiger charge is 2.53. The van der Waals surface area contributed by atoms with E-state index in [0.717, 1.165) is 36.4 Å². The molecule has 0 spiro atoms. The fraction of sp³-hybridized carbons (Fsp3) is 0.333. The summed E-state index contributed by atoms with van der Waals surface area (Å²) in [6.07, 6.45) is -8.23. The molecule has 44 heavy (non-hydrogen) atoms. The van der Waals surface area contributed by atoms with Gasteiger partial charge in [0.2, 0.25) is 5.89 Å². The second-order valence-electron chi connectivity index (χ2n) is 10.5. The van der Waals surface area contributed by atoms with Crippen LogP contribution in [-0.4, -0.2) is 45.4 Å². The lowest BCUT2D eigenvalue weighted by molar-refractivity contribution is -0.137. The van der Waals surface area contributed by atoms with Gasteiger partial charge in [0, 0.05) is 12.0 Å². The average Bonchev–Trinajstić information content (AvgIpc) is 3.27. The number of carbonyl (C=O) groups is 3. The summed E-state index contributed by atoms with van der Waals surface area (Å²) in [7, 11) is 0. The molecule has 11 nitrogen and oxygen atoms in total. The molecule has 2 atom stereocenters. The number of hydrogen-bond donors (Lipinski definition) is 5. The molecule has 0 aliphatic carbocycles. The number of ether oxygens (including phenoxy) is 1. The number of hydrogen-bond acceptors (Lipinski definition) is 6. The van der Waals surface area contributed by atoms with E-state index in [9.17, 15) is 46.5 Å². The third-order valence-electron chi connectivity index (χ3n) is 6.82. The largest absolute Gasteiger partial charge is 0.490 e. The van der Waals surface area contributed by atoms with Crippen LogP contribution in [0.15, 0.2) is 45.5 Å². The van der Waals surface area contributed by atoms with Gasteiger partial charge in [-0.05, 0) is 45.6 Å². The molecule has 17 heteroatoms. The Hall–Kier alpha value is -4.41. The van der Waals surface area contributed by atoms with Gasteiger partial charge in [0.15, 0.2) is 16.2 Å². The van der Waals surface area contributed by atoms with Gasteiger partial charge in [0.25, 0.3) is 5.91 Å². The molecule has 1 aromatic heterocycles. The molecule has 3 rings (SSSR count). The molecule has 0 saturated heterocycles. The van der Waals surface area contributed by atoms with Crippen LogP contribution in [0, 0.1) is 17.0 Å². The van der Waals surface area contributed by atoms with Crippen LogP contribution in [0.25, 0.3) is 11.3 Å². The summed E-state index contributed by atoms with van der Waals surface area (Å²) in [5.41, 5.74) is 0.137. The Bertz CT molecular complexity index is 1560. The maximum Gasteiger partial charge on any atom is 0.416 e. The van der Waals surface area contributed by atoms with Crippen molar-refractivity contribution in [2.75, 3.05) is 6.61 Å². The number of amides is 3. The molecule has 0 saturated carbocycles. The average molecular weight is 693 g/mol. The van der Waals surface area contributed by atoms with Crippen molar-refractivity contribution in [2.24, 2.45) is 11.1 Å². The van der Waals surface area contributed by atoms with Crippen LogP contribution in [-0.2, 0) is 6.18 Å². The molecule has 0 aliphatic rings. The summed E-state index contributed by atoms with van der Waals surface area (Å²) < 4.78 is 78.9. The smallest absolute Gasteiger partial charge is 0.416 e. The third-order valence-corrected chi connectivity index (χ3v) is 7.36. The maximum atomic E-state index is 14.8. The zero-order valence-electron chi connectivity index (χ0n) is 23.2. The lowest BCUT2D eigenvalue weighted by Gasteiger charge is -2.48. The van der Waals surface area contributed by atoms with Gasteiger partial charge in [-0.3, -0.25) is 4.79 Å². The van der Waals surface area contributed by atoms with Crippen molar-refractivity contribution in [1.82, 2.24) is 15.6 Å². The number of nitrogens with one attached hydrogen (secondary N) is 2. The van der Waals surface area contributed by atoms with Crippen LogP contribution in [0.2, 0.25) is 0 Å². The van der Waals surface area contributed by atoms with Gasteiger partial charge in [0.05, 0.1) is 17.7 Å². The minimum atomic E-state index is -4.60. The highest BCUT2D eigenvalue weighted by Crippen LogP contribution is 2.45. The van der Waals surface area contributed by atoms with E-state index in [1.54, 1.807) is 20.8 Å². The zero-order valence-corrected chi connectivity index (χ0v) is 24.8. The minimum absolute atomic E-state index is 0.0207. The monoisotopic (exact) mass is 692 g/mol. The molecule has 6 N–H and O–H groups in total. The fourth-order valence-electron chi connectivity index (χ4n) is 4.61. The van der Waals surface area contributed by atoms with Gasteiger partial charge >= 0.3 is 18.4 Å². The first-order valence-electron chi connectivity index (χ1n) is 12.5. The molecule has 0 fully saturated rings. The van der Waals surface area contributed by atoms with Crippen molar-refractivity contribution < 1.29 is 55.7 Å². The van der Waals surface area contributed by atoms with Crippen LogP contribution in [0.5, 0.6) is 5.75 Å². The highest BCUT2D eigenvalue weighted by atomic mass is 79.9. The standard InChI is InChI=1S/C27H26BrF5N4O7/c1-25(2,3)26(37-24(41)42,10-11-43-15-9-8-14(29)16(17(15)30)21(34)38)19(36-23(39)40)22-35-18(20(28)44-22)12-4-6-13(7-5-12)27(31,32)33/h4-9,19,36-37H,10-11H2,1-3H3,(H2,34,38)(H,39,40)(H,41,42). The Morgan fingerprint density at radius 3 is 2.16 bits per heavy atom. The predicted molar refractivity (Wildman–Crippen MR) is 147 cm³/mol. The number of nitrogens with zero attached hydrogens (tertiary/aromatic N) is 1. The van der Waals surface area contributed by atoms with Gasteiger partial charge < -0.3 is 35.7 Å². The summed E-state index contributed by atoms with van der Waals surface area (Å²) in [5.74, 6) is -5.01. The van der Waals surface area contributed by atoms with Crippen molar-refractivity contribution in [1.29, 1.82) is 0 Å². The van der Waals surface area contributed by atoms with E-state index < -0.39 is 82.8 Å². The maximum absolute atomic E-state index is 14.8. The normalized spacial score (nSPS) is 13.9. The summed E-state index contributed by atoms with van der Waals surface area (Å²) in [6, 6.07) is 3.87. The molecule has 2 aromatic carbocycles. The van der Waals surface area contributed by atoms with Crippen LogP contribution in [0.3, 0.4) is 0 Å². The first-order chi connectivity index (χ1) is 20.3. The van der Waals surface area contributed by atoms with Gasteiger partial charge in [-0.2, -0.15) is 13.2 Å². The van der Waals surface area contributed by atoms with E-state index in [4.69, 9.17) is 14.9 Å². The number of carboxylic acid groups (broad SMARTS) is 2. The number of carbonyl (C=O) groups excluding carboxylic acids is 1. The zero-order chi connectivity index (χ0) is 33.2. The second kappa shape index (κ2) is 12.7. The van der Waals surface area contributed by atoms with E-state index >= 15 is 0 Å². The number of alkyl halides is 3. The molecule has 3 aromatic rings. The molecule has 238 valence electrons.